The summed E-state index contributed by atoms with van der Waals surface area (Å²) in [7, 11) is 0. The Kier molecular flexibility index (Phi) is 11.1. The van der Waals surface area contributed by atoms with Gasteiger partial charge in [0, 0.05) is 44.8 Å². The molecule has 3 aliphatic heterocycles. The van der Waals surface area contributed by atoms with Crippen molar-refractivity contribution in [2.24, 2.45) is 29.1 Å². The summed E-state index contributed by atoms with van der Waals surface area (Å²) in [5, 5.41) is 32.8. The average Bonchev–Trinajstić information content (AvgIpc) is 3.66. The molecule has 8 heteroatoms. The Bertz CT molecular complexity index is 949. The van der Waals surface area contributed by atoms with Gasteiger partial charge in [-0.05, 0) is 87.4 Å². The number of hydrogen-bond donors (Lipinski definition) is 4. The van der Waals surface area contributed by atoms with Gasteiger partial charge in [-0.15, -0.1) is 0 Å². The zero-order valence-electron chi connectivity index (χ0n) is 29.2. The summed E-state index contributed by atoms with van der Waals surface area (Å²) in [5.41, 5.74) is 0.376. The summed E-state index contributed by atoms with van der Waals surface area (Å²) < 4.78 is 0. The maximum absolute atomic E-state index is 11.1. The summed E-state index contributed by atoms with van der Waals surface area (Å²) >= 11 is 0. The van der Waals surface area contributed by atoms with Crippen LogP contribution in [0, 0.1) is 39.9 Å². The molecule has 2 aliphatic carbocycles. The lowest BCUT2D eigenvalue weighted by Crippen LogP contribution is -2.55. The van der Waals surface area contributed by atoms with Crippen molar-refractivity contribution in [3.63, 3.8) is 0 Å². The largest absolute Gasteiger partial charge is 0.391 e. The van der Waals surface area contributed by atoms with Crippen molar-refractivity contribution >= 4 is 11.9 Å². The molecule has 0 amide bonds. The number of aliphatic hydroxyl groups excluding tert-OH is 1. The van der Waals surface area contributed by atoms with E-state index in [1.165, 1.54) is 70.6 Å². The zero-order chi connectivity index (χ0) is 31.6. The second-order valence-corrected chi connectivity index (χ2v) is 16.9. The van der Waals surface area contributed by atoms with Crippen molar-refractivity contribution in [3.05, 3.63) is 0 Å². The minimum absolute atomic E-state index is 0.0101. The highest BCUT2D eigenvalue weighted by Gasteiger charge is 2.46. The van der Waals surface area contributed by atoms with Gasteiger partial charge in [0.05, 0.1) is 18.3 Å². The predicted octanol–water partition coefficient (Wildman–Crippen LogP) is 6.16. The monoisotopic (exact) mass is 614 g/mol. The summed E-state index contributed by atoms with van der Waals surface area (Å²) in [4.78, 5) is 9.84. The van der Waals surface area contributed by atoms with Crippen LogP contribution in [0.15, 0.2) is 0 Å². The molecule has 3 heterocycles. The van der Waals surface area contributed by atoms with E-state index in [0.717, 1.165) is 57.4 Å². The fourth-order valence-electron chi connectivity index (χ4n) is 9.54. The minimum Gasteiger partial charge on any atom is -0.391 e. The number of likely N-dealkylation sites (tertiary alicyclic amines) is 1. The molecule has 5 aliphatic rings. The van der Waals surface area contributed by atoms with E-state index in [9.17, 15) is 10.5 Å². The molecular weight excluding hydrogens is 546 g/mol. The summed E-state index contributed by atoms with van der Waals surface area (Å²) in [6, 6.07) is 0.789. The minimum atomic E-state index is -0.455. The standard InChI is InChI=1S/C36H67N7O/c1-25(2)19-31-21-39-34(37)41(31)23-30-13-10-18-40(30)33(20-27-11-8-7-9-12-27)43-24-32(26(3)44)42(35(43)38)22-28-14-16-29(17-15-28)36(4,5)6/h25-33,38,44H,7-24H2,1-6H3,(H2,37,39)/t26-,28?,29?,30+,31-,32+,33-/m1/s1. The first-order valence-electron chi connectivity index (χ1n) is 18.6. The Morgan fingerprint density at radius 1 is 0.818 bits per heavy atom. The second kappa shape index (κ2) is 14.5. The topological polar surface area (TPSA) is 92.9 Å². The fraction of sp³-hybridized carbons (Fsp3) is 0.944. The first-order chi connectivity index (χ1) is 20.9. The molecule has 0 aromatic rings. The molecule has 0 aromatic heterocycles. The first kappa shape index (κ1) is 33.8. The highest BCUT2D eigenvalue weighted by atomic mass is 16.3. The van der Waals surface area contributed by atoms with Crippen LogP contribution in [0.3, 0.4) is 0 Å². The van der Waals surface area contributed by atoms with Gasteiger partial charge in [0.1, 0.15) is 0 Å². The van der Waals surface area contributed by atoms with Gasteiger partial charge in [-0.25, -0.2) is 0 Å². The van der Waals surface area contributed by atoms with Gasteiger partial charge in [0.15, 0.2) is 11.9 Å². The van der Waals surface area contributed by atoms with Crippen molar-refractivity contribution in [1.29, 1.82) is 10.8 Å². The van der Waals surface area contributed by atoms with E-state index in [2.05, 4.69) is 59.5 Å². The van der Waals surface area contributed by atoms with Crippen LogP contribution in [0.1, 0.15) is 125 Å². The molecule has 0 unspecified atom stereocenters. The molecule has 0 bridgehead atoms. The quantitative estimate of drug-likeness (QED) is 0.223. The van der Waals surface area contributed by atoms with Gasteiger partial charge >= 0.3 is 0 Å². The number of nitrogens with zero attached hydrogens (tertiary/aromatic N) is 4. The Morgan fingerprint density at radius 3 is 2.16 bits per heavy atom. The normalized spacial score (nSPS) is 32.6. The van der Waals surface area contributed by atoms with Gasteiger partial charge in [-0.2, -0.15) is 0 Å². The Hall–Kier alpha value is -1.54. The highest BCUT2D eigenvalue weighted by molar-refractivity contribution is 5.80. The molecule has 5 fully saturated rings. The Morgan fingerprint density at radius 2 is 1.52 bits per heavy atom. The second-order valence-electron chi connectivity index (χ2n) is 16.9. The van der Waals surface area contributed by atoms with Crippen molar-refractivity contribution < 1.29 is 5.11 Å². The number of hydrogen-bond acceptors (Lipinski definition) is 4. The SMILES string of the molecule is CC(C)C[C@@H]1CNC(=N)N1C[C@@H]1CCCN1[C@@H](CC1CCCCC1)N1C[C@@H]([C@@H](C)O)N(CC2CCC(C(C)(C)C)CC2)C1=N. The molecule has 8 nitrogen and oxygen atoms in total. The van der Waals surface area contributed by atoms with E-state index in [4.69, 9.17) is 5.41 Å². The van der Waals surface area contributed by atoms with E-state index in [0.29, 0.717) is 41.3 Å². The van der Waals surface area contributed by atoms with Crippen molar-refractivity contribution in [3.8, 4) is 0 Å². The number of nitrogens with one attached hydrogen (secondary N) is 3. The number of rotatable bonds is 11. The third-order valence-electron chi connectivity index (χ3n) is 12.2. The molecule has 0 radical (unpaired) electrons. The smallest absolute Gasteiger partial charge is 0.195 e. The molecule has 4 N–H and O–H groups in total. The molecule has 3 saturated heterocycles. The van der Waals surface area contributed by atoms with Crippen molar-refractivity contribution in [2.75, 3.05) is 32.7 Å². The van der Waals surface area contributed by atoms with Crippen molar-refractivity contribution in [2.45, 2.75) is 155 Å². The molecule has 5 atom stereocenters. The number of guanidine groups is 2. The molecule has 44 heavy (non-hydrogen) atoms. The molecule has 0 spiro atoms. The molecule has 0 aromatic carbocycles. The maximum atomic E-state index is 11.1. The van der Waals surface area contributed by atoms with Gasteiger partial charge in [-0.1, -0.05) is 66.7 Å². The Balaban J connectivity index is 1.33. The van der Waals surface area contributed by atoms with Gasteiger partial charge in [0.2, 0.25) is 0 Å². The van der Waals surface area contributed by atoms with Crippen LogP contribution in [0.25, 0.3) is 0 Å². The average molecular weight is 614 g/mol. The third kappa shape index (κ3) is 7.87. The van der Waals surface area contributed by atoms with Gasteiger partial charge < -0.3 is 25.1 Å². The zero-order valence-corrected chi connectivity index (χ0v) is 29.2. The lowest BCUT2D eigenvalue weighted by molar-refractivity contribution is 0.0408. The highest BCUT2D eigenvalue weighted by Crippen LogP contribution is 2.41. The lowest BCUT2D eigenvalue weighted by atomic mass is 9.70. The Labute approximate surface area is 269 Å². The molecule has 5 rings (SSSR count). The van der Waals surface area contributed by atoms with E-state index < -0.39 is 6.10 Å². The summed E-state index contributed by atoms with van der Waals surface area (Å²) in [6.07, 6.45) is 16.1. The van der Waals surface area contributed by atoms with E-state index in [1.807, 2.05) is 6.92 Å². The van der Waals surface area contributed by atoms with Crippen LogP contribution >= 0.6 is 0 Å². The third-order valence-corrected chi connectivity index (χ3v) is 12.2. The lowest BCUT2D eigenvalue weighted by Gasteiger charge is -2.43. The van der Waals surface area contributed by atoms with Gasteiger partial charge in [0.25, 0.3) is 0 Å². The van der Waals surface area contributed by atoms with E-state index in [-0.39, 0.29) is 12.2 Å². The fourth-order valence-corrected chi connectivity index (χ4v) is 9.54. The molecular formula is C36H67N7O. The molecule has 252 valence electrons. The first-order valence-corrected chi connectivity index (χ1v) is 18.6. The maximum Gasteiger partial charge on any atom is 0.195 e. The summed E-state index contributed by atoms with van der Waals surface area (Å²) in [5.74, 6) is 3.99. The van der Waals surface area contributed by atoms with Crippen LogP contribution in [-0.2, 0) is 0 Å². The van der Waals surface area contributed by atoms with Crippen molar-refractivity contribution in [1.82, 2.24) is 24.9 Å². The van der Waals surface area contributed by atoms with Crippen LogP contribution in [0.5, 0.6) is 0 Å². The van der Waals surface area contributed by atoms with Crippen LogP contribution in [-0.4, -0.2) is 99.7 Å². The van der Waals surface area contributed by atoms with E-state index >= 15 is 0 Å². The summed E-state index contributed by atoms with van der Waals surface area (Å²) in [6.45, 7) is 18.2. The predicted molar refractivity (Wildman–Crippen MR) is 182 cm³/mol. The van der Waals surface area contributed by atoms with Crippen LogP contribution in [0.4, 0.5) is 0 Å². The van der Waals surface area contributed by atoms with Gasteiger partial charge in [-0.3, -0.25) is 15.7 Å². The van der Waals surface area contributed by atoms with Crippen LogP contribution in [0.2, 0.25) is 0 Å². The van der Waals surface area contributed by atoms with Crippen LogP contribution < -0.4 is 5.32 Å². The van der Waals surface area contributed by atoms with E-state index in [1.54, 1.807) is 0 Å². The molecule has 2 saturated carbocycles. The number of aliphatic hydroxyl groups is 1.